The number of benzene rings is 1. The number of rotatable bonds is 3. The molecular formula is C22H24N6O. The normalized spacial score (nSPS) is 17.9. The number of anilines is 1. The Labute approximate surface area is 170 Å². The maximum Gasteiger partial charge on any atom is 0.273 e. The highest BCUT2D eigenvalue weighted by Gasteiger charge is 2.31. The van der Waals surface area contributed by atoms with Crippen LogP contribution >= 0.6 is 0 Å². The van der Waals surface area contributed by atoms with Crippen LogP contribution in [0.1, 0.15) is 46.2 Å². The van der Waals surface area contributed by atoms with Gasteiger partial charge in [-0.3, -0.25) is 4.79 Å². The molecule has 148 valence electrons. The lowest BCUT2D eigenvalue weighted by atomic mass is 10.1. The molecule has 0 saturated carbocycles. The fourth-order valence-electron chi connectivity index (χ4n) is 4.34. The lowest BCUT2D eigenvalue weighted by Crippen LogP contribution is -2.41. The fourth-order valence-corrected chi connectivity index (χ4v) is 4.34. The van der Waals surface area contributed by atoms with E-state index in [1.807, 2.05) is 42.3 Å². The van der Waals surface area contributed by atoms with Crippen LogP contribution < -0.4 is 4.90 Å². The number of hydrogen-bond acceptors (Lipinski definition) is 5. The SMILES string of the molecule is C[C@H]1CN(C(=O)c2ccc3c(n2)N(C)CC3)Cc2nnc(Cc3ccccc3)n21. The van der Waals surface area contributed by atoms with Crippen LogP contribution in [0, 0.1) is 0 Å². The predicted molar refractivity (Wildman–Crippen MR) is 110 cm³/mol. The molecule has 1 amide bonds. The molecule has 4 heterocycles. The lowest BCUT2D eigenvalue weighted by molar-refractivity contribution is 0.0674. The molecule has 0 N–H and O–H groups in total. The molecular weight excluding hydrogens is 364 g/mol. The molecule has 0 spiro atoms. The number of nitrogens with zero attached hydrogens (tertiary/aromatic N) is 6. The Kier molecular flexibility index (Phi) is 4.30. The minimum absolute atomic E-state index is 0.0428. The summed E-state index contributed by atoms with van der Waals surface area (Å²) in [4.78, 5) is 21.7. The molecule has 5 rings (SSSR count). The van der Waals surface area contributed by atoms with Gasteiger partial charge in [0.1, 0.15) is 17.3 Å². The van der Waals surface area contributed by atoms with Crippen LogP contribution in [0.3, 0.4) is 0 Å². The van der Waals surface area contributed by atoms with Gasteiger partial charge in [0.2, 0.25) is 0 Å². The van der Waals surface area contributed by atoms with Gasteiger partial charge in [0, 0.05) is 26.6 Å². The zero-order valence-corrected chi connectivity index (χ0v) is 16.7. The van der Waals surface area contributed by atoms with Crippen molar-refractivity contribution in [3.8, 4) is 0 Å². The van der Waals surface area contributed by atoms with Crippen molar-refractivity contribution in [3.63, 3.8) is 0 Å². The second kappa shape index (κ2) is 6.99. The first kappa shape index (κ1) is 17.8. The number of fused-ring (bicyclic) bond motifs is 2. The van der Waals surface area contributed by atoms with Gasteiger partial charge in [0.05, 0.1) is 12.6 Å². The molecule has 29 heavy (non-hydrogen) atoms. The van der Waals surface area contributed by atoms with Crippen molar-refractivity contribution in [3.05, 3.63) is 70.9 Å². The Balaban J connectivity index is 1.38. The molecule has 7 nitrogen and oxygen atoms in total. The minimum Gasteiger partial charge on any atom is -0.359 e. The molecule has 0 fully saturated rings. The molecule has 0 aliphatic carbocycles. The van der Waals surface area contributed by atoms with Crippen molar-refractivity contribution in [2.45, 2.75) is 32.4 Å². The van der Waals surface area contributed by atoms with Crippen molar-refractivity contribution in [1.29, 1.82) is 0 Å². The van der Waals surface area contributed by atoms with E-state index in [1.165, 1.54) is 11.1 Å². The zero-order valence-electron chi connectivity index (χ0n) is 16.7. The lowest BCUT2D eigenvalue weighted by Gasteiger charge is -2.32. The van der Waals surface area contributed by atoms with Crippen molar-refractivity contribution >= 4 is 11.7 Å². The van der Waals surface area contributed by atoms with E-state index in [0.717, 1.165) is 36.9 Å². The summed E-state index contributed by atoms with van der Waals surface area (Å²) in [6.45, 7) is 4.15. The van der Waals surface area contributed by atoms with E-state index in [9.17, 15) is 4.79 Å². The van der Waals surface area contributed by atoms with Gasteiger partial charge < -0.3 is 14.4 Å². The summed E-state index contributed by atoms with van der Waals surface area (Å²) in [6, 6.07) is 14.3. The van der Waals surface area contributed by atoms with E-state index in [0.29, 0.717) is 18.8 Å². The van der Waals surface area contributed by atoms with Gasteiger partial charge in [0.25, 0.3) is 5.91 Å². The van der Waals surface area contributed by atoms with Crippen LogP contribution in [0.25, 0.3) is 0 Å². The molecule has 2 aliphatic heterocycles. The first-order valence-corrected chi connectivity index (χ1v) is 10.1. The number of pyridine rings is 1. The third-order valence-electron chi connectivity index (χ3n) is 5.84. The van der Waals surface area contributed by atoms with Gasteiger partial charge in [-0.1, -0.05) is 36.4 Å². The largest absolute Gasteiger partial charge is 0.359 e. The summed E-state index contributed by atoms with van der Waals surface area (Å²) in [6.07, 6.45) is 1.73. The van der Waals surface area contributed by atoms with Crippen LogP contribution in [0.2, 0.25) is 0 Å². The standard InChI is InChI=1S/C22H24N6O/c1-15-13-27(22(29)18-9-8-17-10-11-26(2)21(17)23-18)14-20-25-24-19(28(15)20)12-16-6-4-3-5-7-16/h3-9,15H,10-14H2,1-2H3/t15-/m0/s1. The molecule has 2 aliphatic rings. The summed E-state index contributed by atoms with van der Waals surface area (Å²) >= 11 is 0. The van der Waals surface area contributed by atoms with Crippen molar-refractivity contribution in [2.75, 3.05) is 25.0 Å². The van der Waals surface area contributed by atoms with Crippen molar-refractivity contribution in [1.82, 2.24) is 24.6 Å². The number of likely N-dealkylation sites (N-methyl/N-ethyl adjacent to an activating group) is 1. The molecule has 1 aromatic carbocycles. The van der Waals surface area contributed by atoms with Gasteiger partial charge in [-0.15, -0.1) is 10.2 Å². The van der Waals surface area contributed by atoms with Crippen LogP contribution in [0.5, 0.6) is 0 Å². The van der Waals surface area contributed by atoms with Gasteiger partial charge in [-0.2, -0.15) is 0 Å². The van der Waals surface area contributed by atoms with Crippen molar-refractivity contribution in [2.24, 2.45) is 0 Å². The zero-order chi connectivity index (χ0) is 20.0. The second-order valence-electron chi connectivity index (χ2n) is 7.95. The quantitative estimate of drug-likeness (QED) is 0.690. The fraction of sp³-hybridized carbons (Fsp3) is 0.364. The summed E-state index contributed by atoms with van der Waals surface area (Å²) in [5.41, 5.74) is 2.92. The van der Waals surface area contributed by atoms with E-state index < -0.39 is 0 Å². The average molecular weight is 388 g/mol. The number of carbonyl (C=O) groups is 1. The van der Waals surface area contributed by atoms with Gasteiger partial charge in [-0.25, -0.2) is 4.98 Å². The van der Waals surface area contributed by atoms with E-state index in [1.54, 1.807) is 0 Å². The van der Waals surface area contributed by atoms with E-state index in [2.05, 4.69) is 43.7 Å². The molecule has 3 aromatic rings. The number of aromatic nitrogens is 4. The summed E-state index contributed by atoms with van der Waals surface area (Å²) < 4.78 is 2.18. The van der Waals surface area contributed by atoms with Crippen LogP contribution in [0.4, 0.5) is 5.82 Å². The van der Waals surface area contributed by atoms with E-state index in [4.69, 9.17) is 0 Å². The predicted octanol–water partition coefficient (Wildman–Crippen LogP) is 2.47. The third-order valence-corrected chi connectivity index (χ3v) is 5.84. The molecule has 2 aromatic heterocycles. The topological polar surface area (TPSA) is 67.2 Å². The highest BCUT2D eigenvalue weighted by atomic mass is 16.2. The highest BCUT2D eigenvalue weighted by molar-refractivity contribution is 5.93. The number of carbonyl (C=O) groups excluding carboxylic acids is 1. The Hall–Kier alpha value is -3.22. The van der Waals surface area contributed by atoms with Crippen LogP contribution in [-0.2, 0) is 19.4 Å². The maximum absolute atomic E-state index is 13.1. The first-order valence-electron chi connectivity index (χ1n) is 10.1. The Morgan fingerprint density at radius 3 is 2.79 bits per heavy atom. The molecule has 7 heteroatoms. The minimum atomic E-state index is -0.0428. The highest BCUT2D eigenvalue weighted by Crippen LogP contribution is 2.27. The molecule has 0 unspecified atom stereocenters. The monoisotopic (exact) mass is 388 g/mol. The summed E-state index contributed by atoms with van der Waals surface area (Å²) in [5, 5.41) is 8.81. The maximum atomic E-state index is 13.1. The molecule has 0 radical (unpaired) electrons. The summed E-state index contributed by atoms with van der Waals surface area (Å²) in [5.74, 6) is 2.66. The second-order valence-corrected chi connectivity index (χ2v) is 7.95. The summed E-state index contributed by atoms with van der Waals surface area (Å²) in [7, 11) is 2.02. The molecule has 0 bridgehead atoms. The Morgan fingerprint density at radius 2 is 1.97 bits per heavy atom. The first-order chi connectivity index (χ1) is 14.1. The Bertz CT molecular complexity index is 1060. The third kappa shape index (κ3) is 3.16. The van der Waals surface area contributed by atoms with Crippen LogP contribution in [0.15, 0.2) is 42.5 Å². The Morgan fingerprint density at radius 1 is 1.14 bits per heavy atom. The van der Waals surface area contributed by atoms with Gasteiger partial charge in [0.15, 0.2) is 5.82 Å². The van der Waals surface area contributed by atoms with Gasteiger partial charge in [-0.05, 0) is 30.5 Å². The molecule has 0 saturated heterocycles. The van der Waals surface area contributed by atoms with Gasteiger partial charge >= 0.3 is 0 Å². The molecule has 1 atom stereocenters. The number of amides is 1. The van der Waals surface area contributed by atoms with E-state index >= 15 is 0 Å². The average Bonchev–Trinajstić information content (AvgIpc) is 3.32. The smallest absolute Gasteiger partial charge is 0.273 e. The van der Waals surface area contributed by atoms with E-state index in [-0.39, 0.29) is 11.9 Å². The number of hydrogen-bond donors (Lipinski definition) is 0. The van der Waals surface area contributed by atoms with Crippen LogP contribution in [-0.4, -0.2) is 50.7 Å². The van der Waals surface area contributed by atoms with Crippen molar-refractivity contribution < 1.29 is 4.79 Å².